The normalized spacial score (nSPS) is 14.1. The Labute approximate surface area is 41.0 Å². The first-order valence-corrected chi connectivity index (χ1v) is 1.93. The van der Waals surface area contributed by atoms with Crippen molar-refractivity contribution in [1.29, 1.82) is 0 Å². The Morgan fingerprint density at radius 1 is 2.00 bits per heavy atom. The van der Waals surface area contributed by atoms with E-state index in [-0.39, 0.29) is 5.91 Å². The van der Waals surface area contributed by atoms with E-state index >= 15 is 0 Å². The maximum absolute atomic E-state index is 10.3. The lowest BCUT2D eigenvalue weighted by atomic mass is 10.6. The molecule has 0 bridgehead atoms. The highest BCUT2D eigenvalue weighted by atomic mass is 16.5. The zero-order valence-corrected chi connectivity index (χ0v) is 3.89. The summed E-state index contributed by atoms with van der Waals surface area (Å²) < 4.78 is 4.44. The Morgan fingerprint density at radius 2 is 2.57 bits per heavy atom. The summed E-state index contributed by atoms with van der Waals surface area (Å²) in [5, 5.41) is 2.39. The third-order valence-corrected chi connectivity index (χ3v) is 0.687. The Balaban J connectivity index is 2.39. The van der Waals surface area contributed by atoms with Crippen LogP contribution in [0.4, 0.5) is 0 Å². The molecule has 38 valence electrons. The van der Waals surface area contributed by atoms with E-state index in [1.54, 1.807) is 7.05 Å². The number of hydrogen-bond acceptors (Lipinski definition) is 2. The molecule has 0 radical (unpaired) electrons. The number of rotatable bonds is 1. The molecule has 3 nitrogen and oxygen atoms in total. The largest absolute Gasteiger partial charge is 0.452 e. The maximum atomic E-state index is 10.3. The van der Waals surface area contributed by atoms with Gasteiger partial charge in [-0.25, -0.2) is 0 Å². The Kier molecular flexibility index (Phi) is 0.749. The Bertz CT molecular complexity index is 128. The van der Waals surface area contributed by atoms with Crippen LogP contribution in [0.1, 0.15) is 0 Å². The topological polar surface area (TPSA) is 41.6 Å². The predicted octanol–water partition coefficient (Wildman–Crippen LogP) is -0.396. The number of nitrogens with one attached hydrogen (secondary N) is 1. The van der Waals surface area contributed by atoms with Crippen molar-refractivity contribution in [3.8, 4) is 0 Å². The van der Waals surface area contributed by atoms with Crippen LogP contribution in [0.3, 0.4) is 0 Å². The molecular formula is C4H5NO2. The summed E-state index contributed by atoms with van der Waals surface area (Å²) in [4.78, 5) is 10.3. The standard InChI is InChI=1S/C4H5NO2/c1-5-4(6)3-2-7-3/h2H,1H3,(H,5,6). The van der Waals surface area contributed by atoms with Crippen LogP contribution in [0.25, 0.3) is 0 Å². The highest BCUT2D eigenvalue weighted by molar-refractivity contribution is 5.93. The second-order valence-electron chi connectivity index (χ2n) is 1.18. The van der Waals surface area contributed by atoms with Crippen molar-refractivity contribution in [2.45, 2.75) is 0 Å². The molecule has 0 atom stereocenters. The molecule has 1 N–H and O–H groups in total. The Morgan fingerprint density at radius 3 is 2.71 bits per heavy atom. The average molecular weight is 99.1 g/mol. The number of carbonyl (C=O) groups excluding carboxylic acids is 1. The minimum Gasteiger partial charge on any atom is -0.452 e. The highest BCUT2D eigenvalue weighted by Crippen LogP contribution is 2.11. The van der Waals surface area contributed by atoms with Crippen LogP contribution in [0.15, 0.2) is 12.0 Å². The summed E-state index contributed by atoms with van der Waals surface area (Å²) in [7, 11) is 1.56. The van der Waals surface area contributed by atoms with E-state index in [2.05, 4.69) is 10.1 Å². The number of likely N-dealkylation sites (N-methyl/N-ethyl adjacent to an activating group) is 1. The smallest absolute Gasteiger partial charge is 0.290 e. The van der Waals surface area contributed by atoms with Crippen LogP contribution >= 0.6 is 0 Å². The molecular weight excluding hydrogens is 94.0 g/mol. The fourth-order valence-corrected chi connectivity index (χ4v) is 0.260. The van der Waals surface area contributed by atoms with Crippen LogP contribution in [0.5, 0.6) is 0 Å². The molecule has 0 saturated carbocycles. The molecule has 1 aliphatic rings. The van der Waals surface area contributed by atoms with Gasteiger partial charge in [-0.1, -0.05) is 0 Å². The first-order chi connectivity index (χ1) is 3.34. The summed E-state index contributed by atoms with van der Waals surface area (Å²) in [6.07, 6.45) is 1.40. The van der Waals surface area contributed by atoms with E-state index in [9.17, 15) is 4.79 Å². The fourth-order valence-electron chi connectivity index (χ4n) is 0.260. The minimum absolute atomic E-state index is 0.153. The summed E-state index contributed by atoms with van der Waals surface area (Å²) in [5.74, 6) is 0.266. The van der Waals surface area contributed by atoms with Gasteiger partial charge in [0.15, 0.2) is 0 Å². The lowest BCUT2D eigenvalue weighted by Crippen LogP contribution is -2.15. The van der Waals surface area contributed by atoms with Gasteiger partial charge in [0.1, 0.15) is 6.26 Å². The third kappa shape index (κ3) is 0.707. The summed E-state index contributed by atoms with van der Waals surface area (Å²) in [6, 6.07) is 0. The van der Waals surface area contributed by atoms with Crippen LogP contribution in [-0.2, 0) is 9.53 Å². The molecule has 3 heteroatoms. The quantitative estimate of drug-likeness (QED) is 0.486. The van der Waals surface area contributed by atoms with Crippen molar-refractivity contribution in [3.63, 3.8) is 0 Å². The summed E-state index contributed by atoms with van der Waals surface area (Å²) >= 11 is 0. The van der Waals surface area contributed by atoms with Crippen LogP contribution in [-0.4, -0.2) is 13.0 Å². The SMILES string of the molecule is CNC(=O)C1=CO1. The third-order valence-electron chi connectivity index (χ3n) is 0.687. The minimum atomic E-state index is -0.153. The molecule has 1 heterocycles. The van der Waals surface area contributed by atoms with Crippen LogP contribution < -0.4 is 5.32 Å². The number of carbonyl (C=O) groups is 1. The van der Waals surface area contributed by atoms with Crippen LogP contribution in [0.2, 0.25) is 0 Å². The molecule has 0 aromatic carbocycles. The second-order valence-corrected chi connectivity index (χ2v) is 1.18. The van der Waals surface area contributed by atoms with Crippen molar-refractivity contribution in [2.75, 3.05) is 7.05 Å². The number of hydrogen-bond donors (Lipinski definition) is 1. The molecule has 1 aliphatic heterocycles. The molecule has 0 spiro atoms. The molecule has 0 saturated heterocycles. The molecule has 0 unspecified atom stereocenters. The predicted molar refractivity (Wildman–Crippen MR) is 23.2 cm³/mol. The lowest BCUT2D eigenvalue weighted by Gasteiger charge is -1.84. The van der Waals surface area contributed by atoms with Crippen LogP contribution in [0, 0.1) is 0 Å². The van der Waals surface area contributed by atoms with Gasteiger partial charge in [0.05, 0.1) is 0 Å². The monoisotopic (exact) mass is 99.0 g/mol. The first-order valence-electron chi connectivity index (χ1n) is 1.93. The van der Waals surface area contributed by atoms with Gasteiger partial charge >= 0.3 is 0 Å². The zero-order chi connectivity index (χ0) is 5.28. The average Bonchev–Trinajstić information content (AvgIpc) is 2.44. The van der Waals surface area contributed by atoms with Gasteiger partial charge in [0, 0.05) is 7.05 Å². The van der Waals surface area contributed by atoms with E-state index in [0.29, 0.717) is 5.76 Å². The fraction of sp³-hybridized carbons (Fsp3) is 0.250. The molecule has 7 heavy (non-hydrogen) atoms. The highest BCUT2D eigenvalue weighted by Gasteiger charge is 2.17. The van der Waals surface area contributed by atoms with Gasteiger partial charge in [-0.3, -0.25) is 4.79 Å². The van der Waals surface area contributed by atoms with Gasteiger partial charge in [-0.05, 0) is 0 Å². The van der Waals surface area contributed by atoms with Crippen molar-refractivity contribution in [1.82, 2.24) is 5.32 Å². The van der Waals surface area contributed by atoms with E-state index in [4.69, 9.17) is 0 Å². The maximum Gasteiger partial charge on any atom is 0.290 e. The Hall–Kier alpha value is -0.990. The van der Waals surface area contributed by atoms with Crippen molar-refractivity contribution in [3.05, 3.63) is 12.0 Å². The van der Waals surface area contributed by atoms with Gasteiger partial charge in [0.2, 0.25) is 5.76 Å². The van der Waals surface area contributed by atoms with E-state index < -0.39 is 0 Å². The van der Waals surface area contributed by atoms with Crippen molar-refractivity contribution < 1.29 is 9.53 Å². The van der Waals surface area contributed by atoms with E-state index in [0.717, 1.165) is 0 Å². The van der Waals surface area contributed by atoms with Crippen molar-refractivity contribution in [2.24, 2.45) is 0 Å². The number of amides is 1. The lowest BCUT2D eigenvalue weighted by molar-refractivity contribution is -0.117. The van der Waals surface area contributed by atoms with Gasteiger partial charge < -0.3 is 10.1 Å². The van der Waals surface area contributed by atoms with Gasteiger partial charge in [-0.2, -0.15) is 0 Å². The molecule has 1 amide bonds. The molecule has 0 aliphatic carbocycles. The van der Waals surface area contributed by atoms with Gasteiger partial charge in [0.25, 0.3) is 5.91 Å². The first kappa shape index (κ1) is 4.18. The second kappa shape index (κ2) is 1.26. The molecule has 0 fully saturated rings. The van der Waals surface area contributed by atoms with Crippen molar-refractivity contribution >= 4 is 5.91 Å². The molecule has 1 rings (SSSR count). The van der Waals surface area contributed by atoms with E-state index in [1.165, 1.54) is 6.26 Å². The summed E-state index contributed by atoms with van der Waals surface area (Å²) in [5.41, 5.74) is 0. The van der Waals surface area contributed by atoms with Gasteiger partial charge in [-0.15, -0.1) is 0 Å². The zero-order valence-electron chi connectivity index (χ0n) is 3.89. The summed E-state index contributed by atoms with van der Waals surface area (Å²) in [6.45, 7) is 0. The molecule has 0 aromatic heterocycles. The number of ether oxygens (including phenoxy) is 1. The van der Waals surface area contributed by atoms with E-state index in [1.807, 2.05) is 0 Å². The molecule has 0 aromatic rings.